The fraction of sp³-hybridized carbons (Fsp3) is 0.364. The van der Waals surface area contributed by atoms with Crippen LogP contribution in [0.5, 0.6) is 0 Å². The van der Waals surface area contributed by atoms with Gasteiger partial charge in [-0.15, -0.1) is 0 Å². The average Bonchev–Trinajstić information content (AvgIpc) is 2.95. The van der Waals surface area contributed by atoms with E-state index in [0.29, 0.717) is 12.1 Å². The Kier molecular flexibility index (Phi) is 3.54. The normalized spacial score (nSPS) is 10.4. The molecule has 2 aromatic heterocycles. The summed E-state index contributed by atoms with van der Waals surface area (Å²) in [4.78, 5) is 15.6. The second-order valence-corrected chi connectivity index (χ2v) is 3.82. The Hall–Kier alpha value is -2.11. The number of aromatic nitrogens is 4. The minimum atomic E-state index is -0.0816. The monoisotopic (exact) mass is 233 g/mol. The van der Waals surface area contributed by atoms with E-state index in [2.05, 4.69) is 20.5 Å². The Balaban J connectivity index is 1.72. The number of rotatable bonds is 5. The summed E-state index contributed by atoms with van der Waals surface area (Å²) < 4.78 is 1.98. The molecule has 2 heterocycles. The lowest BCUT2D eigenvalue weighted by atomic mass is 10.2. The second kappa shape index (κ2) is 5.29. The molecule has 90 valence electrons. The van der Waals surface area contributed by atoms with E-state index in [4.69, 9.17) is 0 Å². The summed E-state index contributed by atoms with van der Waals surface area (Å²) in [6.07, 6.45) is 7.83. The number of hydrogen-bond acceptors (Lipinski definition) is 3. The number of aromatic amines is 1. The van der Waals surface area contributed by atoms with E-state index in [9.17, 15) is 4.79 Å². The van der Waals surface area contributed by atoms with Gasteiger partial charge >= 0.3 is 0 Å². The van der Waals surface area contributed by atoms with Crippen molar-refractivity contribution < 1.29 is 4.79 Å². The predicted octanol–water partition coefficient (Wildman–Crippen LogP) is 0.735. The van der Waals surface area contributed by atoms with Crippen LogP contribution in [0.15, 0.2) is 24.9 Å². The number of nitrogens with one attached hydrogen (secondary N) is 2. The summed E-state index contributed by atoms with van der Waals surface area (Å²) in [5.41, 5.74) is 1.39. The highest BCUT2D eigenvalue weighted by Gasteiger charge is 2.09. The Bertz CT molecular complexity index is 474. The summed E-state index contributed by atoms with van der Waals surface area (Å²) in [6, 6.07) is 0. The lowest BCUT2D eigenvalue weighted by molar-refractivity contribution is 0.0952. The lowest BCUT2D eigenvalue weighted by Gasteiger charge is -2.04. The SMILES string of the molecule is Cc1[nH]ncc1C(=O)NCCCn1ccnc1. The Labute approximate surface area is 99.1 Å². The zero-order valence-corrected chi connectivity index (χ0v) is 9.68. The molecular formula is C11H15N5O. The number of hydrogen-bond donors (Lipinski definition) is 2. The van der Waals surface area contributed by atoms with Crippen molar-refractivity contribution in [1.82, 2.24) is 25.1 Å². The van der Waals surface area contributed by atoms with Crippen LogP contribution in [0.1, 0.15) is 22.5 Å². The molecule has 0 bridgehead atoms. The smallest absolute Gasteiger partial charge is 0.254 e. The van der Waals surface area contributed by atoms with Crippen molar-refractivity contribution in [3.05, 3.63) is 36.2 Å². The van der Waals surface area contributed by atoms with Gasteiger partial charge in [0.1, 0.15) is 0 Å². The molecule has 0 saturated carbocycles. The summed E-state index contributed by atoms with van der Waals surface area (Å²) in [7, 11) is 0. The van der Waals surface area contributed by atoms with Crippen molar-refractivity contribution >= 4 is 5.91 Å². The van der Waals surface area contributed by atoms with E-state index < -0.39 is 0 Å². The molecule has 0 aliphatic rings. The van der Waals surface area contributed by atoms with E-state index in [1.165, 1.54) is 0 Å². The molecule has 0 radical (unpaired) electrons. The highest BCUT2D eigenvalue weighted by molar-refractivity contribution is 5.94. The molecule has 6 nitrogen and oxygen atoms in total. The zero-order valence-electron chi connectivity index (χ0n) is 9.68. The maximum absolute atomic E-state index is 11.7. The first-order valence-electron chi connectivity index (χ1n) is 5.51. The summed E-state index contributed by atoms with van der Waals surface area (Å²) in [5, 5.41) is 9.41. The molecule has 0 unspecified atom stereocenters. The number of nitrogens with zero attached hydrogens (tertiary/aromatic N) is 3. The highest BCUT2D eigenvalue weighted by atomic mass is 16.1. The number of H-pyrrole nitrogens is 1. The van der Waals surface area contributed by atoms with Gasteiger partial charge in [-0.25, -0.2) is 4.98 Å². The van der Waals surface area contributed by atoms with Gasteiger partial charge in [0.2, 0.25) is 0 Å². The third-order valence-electron chi connectivity index (χ3n) is 2.51. The van der Waals surface area contributed by atoms with Crippen LogP contribution >= 0.6 is 0 Å². The first kappa shape index (κ1) is 11.4. The first-order chi connectivity index (χ1) is 8.27. The number of carbonyl (C=O) groups is 1. The third kappa shape index (κ3) is 2.93. The van der Waals surface area contributed by atoms with Crippen molar-refractivity contribution in [2.24, 2.45) is 0 Å². The predicted molar refractivity (Wildman–Crippen MR) is 62.5 cm³/mol. The highest BCUT2D eigenvalue weighted by Crippen LogP contribution is 2.01. The molecule has 0 aromatic carbocycles. The molecule has 0 atom stereocenters. The topological polar surface area (TPSA) is 75.6 Å². The maximum Gasteiger partial charge on any atom is 0.254 e. The zero-order chi connectivity index (χ0) is 12.1. The lowest BCUT2D eigenvalue weighted by Crippen LogP contribution is -2.25. The molecule has 1 amide bonds. The fourth-order valence-electron chi connectivity index (χ4n) is 1.56. The first-order valence-corrected chi connectivity index (χ1v) is 5.51. The molecule has 17 heavy (non-hydrogen) atoms. The quantitative estimate of drug-likeness (QED) is 0.748. The van der Waals surface area contributed by atoms with Crippen LogP contribution in [0.25, 0.3) is 0 Å². The summed E-state index contributed by atoms with van der Waals surface area (Å²) >= 11 is 0. The minimum Gasteiger partial charge on any atom is -0.352 e. The standard InChI is InChI=1S/C11H15N5O/c1-9-10(7-14-15-9)11(17)13-3-2-5-16-6-4-12-8-16/h4,6-8H,2-3,5H2,1H3,(H,13,17)(H,14,15). The van der Waals surface area contributed by atoms with E-state index in [-0.39, 0.29) is 5.91 Å². The van der Waals surface area contributed by atoms with Crippen LogP contribution in [-0.2, 0) is 6.54 Å². The van der Waals surface area contributed by atoms with Crippen LogP contribution < -0.4 is 5.32 Å². The van der Waals surface area contributed by atoms with Gasteiger partial charge in [-0.3, -0.25) is 9.89 Å². The van der Waals surface area contributed by atoms with Crippen molar-refractivity contribution in [1.29, 1.82) is 0 Å². The molecule has 2 N–H and O–H groups in total. The van der Waals surface area contributed by atoms with E-state index in [1.807, 2.05) is 17.7 Å². The number of amides is 1. The van der Waals surface area contributed by atoms with Crippen LogP contribution in [0.4, 0.5) is 0 Å². The Morgan fingerprint density at radius 2 is 2.47 bits per heavy atom. The van der Waals surface area contributed by atoms with E-state index >= 15 is 0 Å². The largest absolute Gasteiger partial charge is 0.352 e. The summed E-state index contributed by atoms with van der Waals surface area (Å²) in [6.45, 7) is 3.32. The molecule has 0 saturated heterocycles. The van der Waals surface area contributed by atoms with Gasteiger partial charge in [-0.2, -0.15) is 5.10 Å². The minimum absolute atomic E-state index is 0.0816. The van der Waals surface area contributed by atoms with Crippen molar-refractivity contribution in [2.45, 2.75) is 19.9 Å². The van der Waals surface area contributed by atoms with Crippen molar-refractivity contribution in [3.8, 4) is 0 Å². The average molecular weight is 233 g/mol. The van der Waals surface area contributed by atoms with E-state index in [0.717, 1.165) is 18.7 Å². The number of aryl methyl sites for hydroxylation is 2. The van der Waals surface area contributed by atoms with Gasteiger partial charge in [-0.05, 0) is 13.3 Å². The maximum atomic E-state index is 11.7. The van der Waals surface area contributed by atoms with Gasteiger partial charge in [-0.1, -0.05) is 0 Å². The van der Waals surface area contributed by atoms with Crippen LogP contribution in [0, 0.1) is 6.92 Å². The van der Waals surface area contributed by atoms with Crippen molar-refractivity contribution in [3.63, 3.8) is 0 Å². The van der Waals surface area contributed by atoms with Crippen LogP contribution in [0.2, 0.25) is 0 Å². The van der Waals surface area contributed by atoms with Crippen molar-refractivity contribution in [2.75, 3.05) is 6.54 Å². The molecule has 0 aliphatic carbocycles. The molecule has 6 heteroatoms. The van der Waals surface area contributed by atoms with Gasteiger partial charge in [0.05, 0.1) is 18.1 Å². The third-order valence-corrected chi connectivity index (χ3v) is 2.51. The molecule has 2 rings (SSSR count). The molecule has 0 fully saturated rings. The summed E-state index contributed by atoms with van der Waals surface area (Å²) in [5.74, 6) is -0.0816. The van der Waals surface area contributed by atoms with Gasteiger partial charge in [0, 0.05) is 31.2 Å². The Morgan fingerprint density at radius 3 is 3.12 bits per heavy atom. The van der Waals surface area contributed by atoms with Gasteiger partial charge in [0.15, 0.2) is 0 Å². The second-order valence-electron chi connectivity index (χ2n) is 3.82. The van der Waals surface area contributed by atoms with Gasteiger partial charge < -0.3 is 9.88 Å². The fourth-order valence-corrected chi connectivity index (χ4v) is 1.56. The molecule has 0 spiro atoms. The molecule has 2 aromatic rings. The molecular weight excluding hydrogens is 218 g/mol. The Morgan fingerprint density at radius 1 is 1.59 bits per heavy atom. The molecule has 0 aliphatic heterocycles. The van der Waals surface area contributed by atoms with E-state index in [1.54, 1.807) is 18.7 Å². The van der Waals surface area contributed by atoms with Gasteiger partial charge in [0.25, 0.3) is 5.91 Å². The number of carbonyl (C=O) groups excluding carboxylic acids is 1. The van der Waals surface area contributed by atoms with Crippen LogP contribution in [-0.4, -0.2) is 32.2 Å². The number of imidazole rings is 1. The van der Waals surface area contributed by atoms with Crippen LogP contribution in [0.3, 0.4) is 0 Å².